The van der Waals surface area contributed by atoms with E-state index in [1.165, 1.54) is 16.7 Å². The Hall–Kier alpha value is -1.76. The topological polar surface area (TPSA) is 20.2 Å². The second-order valence-corrected chi connectivity index (χ2v) is 4.95. The number of aromatic hydroxyl groups is 1. The van der Waals surface area contributed by atoms with Crippen LogP contribution in [0.2, 0.25) is 0 Å². The van der Waals surface area contributed by atoms with Gasteiger partial charge in [-0.05, 0) is 41.2 Å². The highest BCUT2D eigenvalue weighted by molar-refractivity contribution is 5.46. The Balaban J connectivity index is 2.11. The van der Waals surface area contributed by atoms with Gasteiger partial charge < -0.3 is 5.11 Å². The normalized spacial score (nSPS) is 22.4. The van der Waals surface area contributed by atoms with Crippen molar-refractivity contribution in [1.29, 1.82) is 0 Å². The van der Waals surface area contributed by atoms with Crippen molar-refractivity contribution in [2.24, 2.45) is 5.92 Å². The molecule has 1 nitrogen and oxygen atoms in total. The van der Waals surface area contributed by atoms with E-state index in [4.69, 9.17) is 0 Å². The molecule has 1 N–H and O–H groups in total. The molecule has 2 aromatic carbocycles. The van der Waals surface area contributed by atoms with Crippen LogP contribution in [0.5, 0.6) is 5.75 Å². The molecule has 0 amide bonds. The molecule has 2 aromatic rings. The molecule has 1 aliphatic rings. The molecule has 0 spiro atoms. The lowest BCUT2D eigenvalue weighted by Crippen LogP contribution is -2.05. The molecule has 0 bridgehead atoms. The van der Waals surface area contributed by atoms with Crippen LogP contribution in [0.4, 0.5) is 0 Å². The van der Waals surface area contributed by atoms with Gasteiger partial charge in [0.25, 0.3) is 0 Å². The molecule has 0 aromatic heterocycles. The van der Waals surface area contributed by atoms with Crippen LogP contribution in [0.15, 0.2) is 48.5 Å². The quantitative estimate of drug-likeness (QED) is 0.782. The zero-order valence-corrected chi connectivity index (χ0v) is 9.93. The van der Waals surface area contributed by atoms with E-state index in [0.717, 1.165) is 6.42 Å². The van der Waals surface area contributed by atoms with Gasteiger partial charge in [0.05, 0.1) is 0 Å². The molecule has 0 aliphatic heterocycles. The standard InChI is InChI=1S/C16H16O/c1-11-9-13-7-8-14(17)10-15(13)16(11)12-5-3-2-4-6-12/h2-8,10-11,16-17H,9H2,1H3/t11-,16-/m0/s1. The van der Waals surface area contributed by atoms with Crippen molar-refractivity contribution >= 4 is 0 Å². The van der Waals surface area contributed by atoms with Crippen molar-refractivity contribution in [2.75, 3.05) is 0 Å². The minimum absolute atomic E-state index is 0.374. The zero-order valence-electron chi connectivity index (χ0n) is 9.93. The van der Waals surface area contributed by atoms with E-state index in [-0.39, 0.29) is 0 Å². The maximum absolute atomic E-state index is 9.65. The number of phenols is 1. The van der Waals surface area contributed by atoms with E-state index >= 15 is 0 Å². The first-order chi connectivity index (χ1) is 8.25. The summed E-state index contributed by atoms with van der Waals surface area (Å²) in [6.07, 6.45) is 1.11. The highest BCUT2D eigenvalue weighted by Gasteiger charge is 2.30. The van der Waals surface area contributed by atoms with Crippen molar-refractivity contribution in [1.82, 2.24) is 0 Å². The lowest BCUT2D eigenvalue weighted by atomic mass is 9.87. The summed E-state index contributed by atoms with van der Waals surface area (Å²) in [5.74, 6) is 1.41. The summed E-state index contributed by atoms with van der Waals surface area (Å²) in [5.41, 5.74) is 4.03. The second-order valence-electron chi connectivity index (χ2n) is 4.95. The van der Waals surface area contributed by atoms with E-state index < -0.39 is 0 Å². The summed E-state index contributed by atoms with van der Waals surface area (Å²) in [6.45, 7) is 2.29. The molecule has 0 unspecified atom stereocenters. The van der Waals surface area contributed by atoms with Gasteiger partial charge in [-0.3, -0.25) is 0 Å². The Bertz CT molecular complexity index is 530. The molecular weight excluding hydrogens is 208 g/mol. The average molecular weight is 224 g/mol. The van der Waals surface area contributed by atoms with Gasteiger partial charge in [-0.2, -0.15) is 0 Å². The molecule has 1 heteroatoms. The predicted molar refractivity (Wildman–Crippen MR) is 69.3 cm³/mol. The van der Waals surface area contributed by atoms with Crippen molar-refractivity contribution in [3.05, 3.63) is 65.2 Å². The summed E-state index contributed by atoms with van der Waals surface area (Å²) in [6, 6.07) is 16.4. The molecule has 0 saturated heterocycles. The predicted octanol–water partition coefficient (Wildman–Crippen LogP) is 3.72. The molecule has 0 fully saturated rings. The van der Waals surface area contributed by atoms with E-state index in [2.05, 4.69) is 37.3 Å². The summed E-state index contributed by atoms with van der Waals surface area (Å²) in [7, 11) is 0. The Labute approximate surface area is 102 Å². The Morgan fingerprint density at radius 1 is 1.06 bits per heavy atom. The van der Waals surface area contributed by atoms with Gasteiger partial charge in [0, 0.05) is 5.92 Å². The molecule has 1 aliphatic carbocycles. The van der Waals surface area contributed by atoms with Gasteiger partial charge in [0.1, 0.15) is 5.75 Å². The smallest absolute Gasteiger partial charge is 0.115 e. The monoisotopic (exact) mass is 224 g/mol. The van der Waals surface area contributed by atoms with Gasteiger partial charge in [-0.25, -0.2) is 0 Å². The number of phenolic OH excluding ortho intramolecular Hbond substituents is 1. The summed E-state index contributed by atoms with van der Waals surface area (Å²) >= 11 is 0. The van der Waals surface area contributed by atoms with E-state index in [1.807, 2.05) is 12.1 Å². The van der Waals surface area contributed by atoms with E-state index in [9.17, 15) is 5.11 Å². The fraction of sp³-hybridized carbons (Fsp3) is 0.250. The van der Waals surface area contributed by atoms with Gasteiger partial charge in [-0.15, -0.1) is 0 Å². The van der Waals surface area contributed by atoms with Gasteiger partial charge >= 0.3 is 0 Å². The number of hydrogen-bond donors (Lipinski definition) is 1. The van der Waals surface area contributed by atoms with Crippen LogP contribution in [0.25, 0.3) is 0 Å². The molecule has 0 heterocycles. The fourth-order valence-corrected chi connectivity index (χ4v) is 3.00. The zero-order chi connectivity index (χ0) is 11.8. The lowest BCUT2D eigenvalue weighted by Gasteiger charge is -2.17. The maximum atomic E-state index is 9.65. The lowest BCUT2D eigenvalue weighted by molar-refractivity contribution is 0.474. The number of rotatable bonds is 1. The SMILES string of the molecule is C[C@H]1Cc2ccc(O)cc2[C@@H]1c1ccccc1. The average Bonchev–Trinajstić information content (AvgIpc) is 2.65. The van der Waals surface area contributed by atoms with Crippen LogP contribution in [0.1, 0.15) is 29.5 Å². The van der Waals surface area contributed by atoms with Gasteiger partial charge in [-0.1, -0.05) is 43.3 Å². The van der Waals surface area contributed by atoms with E-state index in [0.29, 0.717) is 17.6 Å². The summed E-state index contributed by atoms with van der Waals surface area (Å²) in [5, 5.41) is 9.65. The Kier molecular flexibility index (Phi) is 2.40. The maximum Gasteiger partial charge on any atom is 0.115 e. The van der Waals surface area contributed by atoms with Crippen LogP contribution < -0.4 is 0 Å². The molecule has 0 saturated carbocycles. The molecule has 86 valence electrons. The third-order valence-electron chi connectivity index (χ3n) is 3.73. The summed E-state index contributed by atoms with van der Waals surface area (Å²) < 4.78 is 0. The molecule has 3 rings (SSSR count). The van der Waals surface area contributed by atoms with Crippen LogP contribution >= 0.6 is 0 Å². The molecule has 17 heavy (non-hydrogen) atoms. The molecular formula is C16H16O. The van der Waals surface area contributed by atoms with Crippen molar-refractivity contribution < 1.29 is 5.11 Å². The third-order valence-corrected chi connectivity index (χ3v) is 3.73. The van der Waals surface area contributed by atoms with Crippen molar-refractivity contribution in [3.8, 4) is 5.75 Å². The van der Waals surface area contributed by atoms with Crippen LogP contribution in [-0.2, 0) is 6.42 Å². The van der Waals surface area contributed by atoms with Gasteiger partial charge in [0.2, 0.25) is 0 Å². The minimum Gasteiger partial charge on any atom is -0.508 e. The fourth-order valence-electron chi connectivity index (χ4n) is 3.00. The van der Waals surface area contributed by atoms with Crippen molar-refractivity contribution in [2.45, 2.75) is 19.3 Å². The highest BCUT2D eigenvalue weighted by atomic mass is 16.3. The largest absolute Gasteiger partial charge is 0.508 e. The molecule has 0 radical (unpaired) electrons. The summed E-state index contributed by atoms with van der Waals surface area (Å²) in [4.78, 5) is 0. The first-order valence-corrected chi connectivity index (χ1v) is 6.12. The van der Waals surface area contributed by atoms with Crippen LogP contribution in [-0.4, -0.2) is 5.11 Å². The van der Waals surface area contributed by atoms with Crippen LogP contribution in [0, 0.1) is 5.92 Å². The Morgan fingerprint density at radius 2 is 1.82 bits per heavy atom. The van der Waals surface area contributed by atoms with Crippen molar-refractivity contribution in [3.63, 3.8) is 0 Å². The first-order valence-electron chi connectivity index (χ1n) is 6.12. The van der Waals surface area contributed by atoms with Gasteiger partial charge in [0.15, 0.2) is 0 Å². The second kappa shape index (κ2) is 3.92. The third kappa shape index (κ3) is 1.72. The minimum atomic E-state index is 0.374. The first kappa shape index (κ1) is 10.4. The number of fused-ring (bicyclic) bond motifs is 1. The highest BCUT2D eigenvalue weighted by Crippen LogP contribution is 2.43. The number of benzene rings is 2. The van der Waals surface area contributed by atoms with Crippen LogP contribution in [0.3, 0.4) is 0 Å². The molecule has 2 atom stereocenters. The Morgan fingerprint density at radius 3 is 2.59 bits per heavy atom. The number of hydrogen-bond acceptors (Lipinski definition) is 1. The van der Waals surface area contributed by atoms with E-state index in [1.54, 1.807) is 6.07 Å².